The van der Waals surface area contributed by atoms with Crippen LogP contribution in [0.2, 0.25) is 5.02 Å². The molecule has 0 fully saturated rings. The maximum Gasteiger partial charge on any atom is 0.233 e. The molecule has 4 heteroatoms. The Bertz CT molecular complexity index is 616. The second-order valence-corrected chi connectivity index (χ2v) is 6.77. The van der Waals surface area contributed by atoms with Gasteiger partial charge in [-0.2, -0.15) is 0 Å². The van der Waals surface area contributed by atoms with Crippen molar-refractivity contribution in [1.29, 1.82) is 0 Å². The van der Waals surface area contributed by atoms with E-state index in [1.54, 1.807) is 11.8 Å². The summed E-state index contributed by atoms with van der Waals surface area (Å²) in [5.41, 5.74) is 2.46. The Morgan fingerprint density at radius 1 is 1.19 bits per heavy atom. The second kappa shape index (κ2) is 6.54. The van der Waals surface area contributed by atoms with Crippen molar-refractivity contribution in [3.8, 4) is 0 Å². The van der Waals surface area contributed by atoms with Crippen LogP contribution in [0.15, 0.2) is 53.4 Å². The van der Waals surface area contributed by atoms with Gasteiger partial charge in [0.1, 0.15) is 0 Å². The summed E-state index contributed by atoms with van der Waals surface area (Å²) in [6, 6.07) is 16.0. The minimum Gasteiger partial charge on any atom is -0.355 e. The molecule has 0 aromatic heterocycles. The molecule has 1 aliphatic heterocycles. The van der Waals surface area contributed by atoms with Gasteiger partial charge < -0.3 is 5.32 Å². The van der Waals surface area contributed by atoms with E-state index in [-0.39, 0.29) is 11.2 Å². The van der Waals surface area contributed by atoms with Crippen molar-refractivity contribution >= 4 is 29.3 Å². The molecule has 0 saturated heterocycles. The fourth-order valence-electron chi connectivity index (χ4n) is 2.42. The molecule has 2 aromatic carbocycles. The third kappa shape index (κ3) is 3.60. The van der Waals surface area contributed by atoms with E-state index < -0.39 is 0 Å². The van der Waals surface area contributed by atoms with Crippen molar-refractivity contribution in [2.45, 2.75) is 23.0 Å². The number of nitrogens with one attached hydrogen (secondary N) is 1. The normalized spacial score (nSPS) is 16.5. The van der Waals surface area contributed by atoms with E-state index in [4.69, 9.17) is 11.6 Å². The van der Waals surface area contributed by atoms with Crippen molar-refractivity contribution in [2.24, 2.45) is 0 Å². The third-order valence-corrected chi connectivity index (χ3v) is 5.14. The minimum atomic E-state index is 0.00705. The van der Waals surface area contributed by atoms with Crippen LogP contribution < -0.4 is 5.32 Å². The number of benzene rings is 2. The molecule has 0 saturated carbocycles. The van der Waals surface area contributed by atoms with Crippen LogP contribution >= 0.6 is 23.4 Å². The van der Waals surface area contributed by atoms with E-state index in [1.165, 1.54) is 16.0 Å². The van der Waals surface area contributed by atoms with Gasteiger partial charge in [-0.3, -0.25) is 4.79 Å². The number of amides is 1. The molecule has 21 heavy (non-hydrogen) atoms. The molecule has 1 N–H and O–H groups in total. The SMILES string of the molecule is O=C(NCCc1ccc(Cl)cc1)[C@H]1Cc2ccccc2S1. The molecule has 0 unspecified atom stereocenters. The largest absolute Gasteiger partial charge is 0.355 e. The molecule has 1 heterocycles. The number of carbonyl (C=O) groups excluding carboxylic acids is 1. The third-order valence-electron chi connectivity index (χ3n) is 3.57. The van der Waals surface area contributed by atoms with E-state index in [0.29, 0.717) is 6.54 Å². The average Bonchev–Trinajstić information content (AvgIpc) is 2.93. The fourth-order valence-corrected chi connectivity index (χ4v) is 3.77. The predicted octanol–water partition coefficient (Wildman–Crippen LogP) is 3.72. The summed E-state index contributed by atoms with van der Waals surface area (Å²) in [5.74, 6) is 0.130. The Hall–Kier alpha value is -1.45. The van der Waals surface area contributed by atoms with Crippen molar-refractivity contribution in [2.75, 3.05) is 6.54 Å². The van der Waals surface area contributed by atoms with Crippen LogP contribution in [0, 0.1) is 0 Å². The molecule has 0 aliphatic carbocycles. The molecule has 3 rings (SSSR count). The van der Waals surface area contributed by atoms with Gasteiger partial charge in [-0.05, 0) is 42.2 Å². The van der Waals surface area contributed by atoms with Gasteiger partial charge in [-0.15, -0.1) is 11.8 Å². The maximum atomic E-state index is 12.2. The lowest BCUT2D eigenvalue weighted by Gasteiger charge is -2.10. The Kier molecular flexibility index (Phi) is 4.51. The molecule has 0 spiro atoms. The first kappa shape index (κ1) is 14.5. The summed E-state index contributed by atoms with van der Waals surface area (Å²) in [6.07, 6.45) is 1.65. The second-order valence-electron chi connectivity index (χ2n) is 5.09. The molecular weight excluding hydrogens is 302 g/mol. The topological polar surface area (TPSA) is 29.1 Å². The van der Waals surface area contributed by atoms with Crippen LogP contribution in [0.4, 0.5) is 0 Å². The summed E-state index contributed by atoms with van der Waals surface area (Å²) >= 11 is 7.52. The van der Waals surface area contributed by atoms with Gasteiger partial charge in [0.25, 0.3) is 0 Å². The van der Waals surface area contributed by atoms with Gasteiger partial charge >= 0.3 is 0 Å². The number of fused-ring (bicyclic) bond motifs is 1. The van der Waals surface area contributed by atoms with E-state index in [0.717, 1.165) is 17.9 Å². The zero-order chi connectivity index (χ0) is 14.7. The lowest BCUT2D eigenvalue weighted by atomic mass is 10.1. The number of carbonyl (C=O) groups is 1. The number of hydrogen-bond acceptors (Lipinski definition) is 2. The highest BCUT2D eigenvalue weighted by Gasteiger charge is 2.27. The van der Waals surface area contributed by atoms with Crippen LogP contribution in [0.3, 0.4) is 0 Å². The van der Waals surface area contributed by atoms with Crippen molar-refractivity contribution < 1.29 is 4.79 Å². The van der Waals surface area contributed by atoms with Crippen LogP contribution in [-0.4, -0.2) is 17.7 Å². The first-order valence-corrected chi connectivity index (χ1v) is 8.25. The summed E-state index contributed by atoms with van der Waals surface area (Å²) in [4.78, 5) is 13.4. The number of thioether (sulfide) groups is 1. The molecule has 1 aliphatic rings. The highest BCUT2D eigenvalue weighted by atomic mass is 35.5. The van der Waals surface area contributed by atoms with Gasteiger partial charge in [0, 0.05) is 16.5 Å². The molecule has 2 nitrogen and oxygen atoms in total. The van der Waals surface area contributed by atoms with Crippen LogP contribution in [-0.2, 0) is 17.6 Å². The summed E-state index contributed by atoms with van der Waals surface area (Å²) in [5, 5.41) is 3.78. The van der Waals surface area contributed by atoms with Gasteiger partial charge in [0.2, 0.25) is 5.91 Å². The van der Waals surface area contributed by atoms with Gasteiger partial charge in [-0.25, -0.2) is 0 Å². The molecular formula is C17H16ClNOS. The molecule has 2 aromatic rings. The van der Waals surface area contributed by atoms with Crippen LogP contribution in [0.1, 0.15) is 11.1 Å². The van der Waals surface area contributed by atoms with Gasteiger partial charge in [0.05, 0.1) is 5.25 Å². The first-order chi connectivity index (χ1) is 10.2. The summed E-state index contributed by atoms with van der Waals surface area (Å²) < 4.78 is 0. The van der Waals surface area contributed by atoms with Crippen LogP contribution in [0.25, 0.3) is 0 Å². The predicted molar refractivity (Wildman–Crippen MR) is 88.0 cm³/mol. The zero-order valence-electron chi connectivity index (χ0n) is 11.5. The minimum absolute atomic E-state index is 0.00705. The first-order valence-electron chi connectivity index (χ1n) is 6.99. The Morgan fingerprint density at radius 3 is 2.71 bits per heavy atom. The maximum absolute atomic E-state index is 12.2. The van der Waals surface area contributed by atoms with Crippen molar-refractivity contribution in [3.05, 3.63) is 64.7 Å². The molecule has 108 valence electrons. The molecule has 0 bridgehead atoms. The quantitative estimate of drug-likeness (QED) is 0.931. The van der Waals surface area contributed by atoms with E-state index in [9.17, 15) is 4.79 Å². The highest BCUT2D eigenvalue weighted by Crippen LogP contribution is 2.36. The Balaban J connectivity index is 1.48. The number of halogens is 1. The Labute approximate surface area is 133 Å². The van der Waals surface area contributed by atoms with Crippen molar-refractivity contribution in [3.63, 3.8) is 0 Å². The molecule has 0 radical (unpaired) electrons. The van der Waals surface area contributed by atoms with E-state index in [1.807, 2.05) is 36.4 Å². The average molecular weight is 318 g/mol. The lowest BCUT2D eigenvalue weighted by Crippen LogP contribution is -2.33. The smallest absolute Gasteiger partial charge is 0.233 e. The monoisotopic (exact) mass is 317 g/mol. The molecule has 1 amide bonds. The Morgan fingerprint density at radius 2 is 1.95 bits per heavy atom. The number of rotatable bonds is 4. The molecule has 1 atom stereocenters. The van der Waals surface area contributed by atoms with E-state index in [2.05, 4.69) is 17.4 Å². The van der Waals surface area contributed by atoms with Gasteiger partial charge in [0.15, 0.2) is 0 Å². The number of hydrogen-bond donors (Lipinski definition) is 1. The zero-order valence-corrected chi connectivity index (χ0v) is 13.1. The fraction of sp³-hybridized carbons (Fsp3) is 0.235. The van der Waals surface area contributed by atoms with E-state index >= 15 is 0 Å². The highest BCUT2D eigenvalue weighted by molar-refractivity contribution is 8.01. The summed E-state index contributed by atoms with van der Waals surface area (Å²) in [7, 11) is 0. The van der Waals surface area contributed by atoms with Crippen LogP contribution in [0.5, 0.6) is 0 Å². The van der Waals surface area contributed by atoms with Gasteiger partial charge in [-0.1, -0.05) is 41.9 Å². The summed E-state index contributed by atoms with van der Waals surface area (Å²) in [6.45, 7) is 0.661. The standard InChI is InChI=1S/C17H16ClNOS/c18-14-7-5-12(6-8-14)9-10-19-17(20)16-11-13-3-1-2-4-15(13)21-16/h1-8,16H,9-11H2,(H,19,20)/t16-/m1/s1. The lowest BCUT2D eigenvalue weighted by molar-refractivity contribution is -0.120. The van der Waals surface area contributed by atoms with Crippen molar-refractivity contribution in [1.82, 2.24) is 5.32 Å².